The molecule has 5 nitrogen and oxygen atoms in total. The molecule has 0 aliphatic heterocycles. The first kappa shape index (κ1) is 17.8. The van der Waals surface area contributed by atoms with Crippen LogP contribution in [0.3, 0.4) is 0 Å². The molecule has 1 aromatic carbocycles. The third kappa shape index (κ3) is 4.75. The number of ether oxygens (including phenoxy) is 1. The Morgan fingerprint density at radius 3 is 2.68 bits per heavy atom. The molecule has 25 heavy (non-hydrogen) atoms. The van der Waals surface area contributed by atoms with E-state index in [1.54, 1.807) is 0 Å². The van der Waals surface area contributed by atoms with Crippen LogP contribution in [0.5, 0.6) is 0 Å². The first-order valence-corrected chi connectivity index (χ1v) is 9.03. The van der Waals surface area contributed by atoms with E-state index in [2.05, 4.69) is 46.8 Å². The van der Waals surface area contributed by atoms with Crippen molar-refractivity contribution < 1.29 is 9.53 Å². The summed E-state index contributed by atoms with van der Waals surface area (Å²) in [5.41, 5.74) is 1.79. The van der Waals surface area contributed by atoms with E-state index in [0.717, 1.165) is 12.1 Å². The molecule has 1 aliphatic carbocycles. The molecule has 1 aliphatic rings. The molecule has 136 valence electrons. The lowest BCUT2D eigenvalue weighted by atomic mass is 9.95. The van der Waals surface area contributed by atoms with Gasteiger partial charge in [-0.25, -0.2) is 4.79 Å². The van der Waals surface area contributed by atoms with E-state index in [9.17, 15) is 4.79 Å². The molecule has 0 saturated heterocycles. The van der Waals surface area contributed by atoms with Gasteiger partial charge in [-0.15, -0.1) is 0 Å². The second-order valence-corrected chi connectivity index (χ2v) is 8.30. The molecular formula is C20H29N3O2. The summed E-state index contributed by atoms with van der Waals surface area (Å²) in [4.78, 5) is 15.2. The van der Waals surface area contributed by atoms with Crippen LogP contribution in [0.1, 0.15) is 46.1 Å². The first-order chi connectivity index (χ1) is 11.8. The summed E-state index contributed by atoms with van der Waals surface area (Å²) in [5.74, 6) is 0.594. The first-order valence-electron chi connectivity index (χ1n) is 9.03. The predicted octanol–water partition coefficient (Wildman–Crippen LogP) is 3.95. The van der Waals surface area contributed by atoms with Crippen molar-refractivity contribution in [3.05, 3.63) is 36.0 Å². The third-order valence-electron chi connectivity index (χ3n) is 4.79. The minimum absolute atomic E-state index is 0.123. The summed E-state index contributed by atoms with van der Waals surface area (Å²) >= 11 is 0. The number of rotatable bonds is 6. The van der Waals surface area contributed by atoms with E-state index in [0.29, 0.717) is 12.5 Å². The number of carbonyl (C=O) groups excluding carboxylic acids is 1. The van der Waals surface area contributed by atoms with Gasteiger partial charge in [0.05, 0.1) is 0 Å². The van der Waals surface area contributed by atoms with Crippen LogP contribution >= 0.6 is 0 Å². The molecule has 1 unspecified atom stereocenters. The highest BCUT2D eigenvalue weighted by atomic mass is 16.6. The highest BCUT2D eigenvalue weighted by Gasteiger charge is 2.41. The van der Waals surface area contributed by atoms with Crippen molar-refractivity contribution in [2.45, 2.75) is 58.2 Å². The zero-order chi connectivity index (χ0) is 18.1. The van der Waals surface area contributed by atoms with E-state index in [1.165, 1.54) is 23.8 Å². The standard InChI is InChI=1S/C20H29N3O2/c1-19(2,3)25-18(24)22-13-20(4,16-7-8-16)23-12-14-5-6-15-9-10-21-17(15)11-14/h5-6,9-11,16,21,23H,7-8,12-13H2,1-4H3,(H,22,24). The van der Waals surface area contributed by atoms with Crippen molar-refractivity contribution in [1.82, 2.24) is 15.6 Å². The van der Waals surface area contributed by atoms with Gasteiger partial charge in [0.15, 0.2) is 0 Å². The van der Waals surface area contributed by atoms with Crippen LogP contribution in [0.25, 0.3) is 10.9 Å². The number of carbonyl (C=O) groups is 1. The van der Waals surface area contributed by atoms with Crippen LogP contribution in [0.15, 0.2) is 30.5 Å². The van der Waals surface area contributed by atoms with Crippen molar-refractivity contribution in [3.8, 4) is 0 Å². The molecule has 1 saturated carbocycles. The minimum Gasteiger partial charge on any atom is -0.444 e. The highest BCUT2D eigenvalue weighted by molar-refractivity contribution is 5.79. The quantitative estimate of drug-likeness (QED) is 0.744. The van der Waals surface area contributed by atoms with Crippen molar-refractivity contribution in [2.75, 3.05) is 6.54 Å². The van der Waals surface area contributed by atoms with Crippen molar-refractivity contribution in [3.63, 3.8) is 0 Å². The Bertz CT molecular complexity index is 743. The number of nitrogens with one attached hydrogen (secondary N) is 3. The van der Waals surface area contributed by atoms with E-state index >= 15 is 0 Å². The van der Waals surface area contributed by atoms with Crippen LogP contribution in [-0.2, 0) is 11.3 Å². The fourth-order valence-corrected chi connectivity index (χ4v) is 3.15. The summed E-state index contributed by atoms with van der Waals surface area (Å²) < 4.78 is 5.35. The van der Waals surface area contributed by atoms with Crippen LogP contribution in [0, 0.1) is 5.92 Å². The van der Waals surface area contributed by atoms with Crippen molar-refractivity contribution in [2.24, 2.45) is 5.92 Å². The summed E-state index contributed by atoms with van der Waals surface area (Å²) in [5, 5.41) is 7.82. The SMILES string of the molecule is CC(C)(C)OC(=O)NCC(C)(NCc1ccc2cc[nH]c2c1)C1CC1. The Balaban J connectivity index is 1.59. The normalized spacial score (nSPS) is 17.3. The van der Waals surface area contributed by atoms with Gasteiger partial charge in [0.1, 0.15) is 5.60 Å². The predicted molar refractivity (Wildman–Crippen MR) is 101 cm³/mol. The zero-order valence-electron chi connectivity index (χ0n) is 15.6. The Hall–Kier alpha value is -2.01. The molecule has 1 amide bonds. The maximum atomic E-state index is 12.0. The van der Waals surface area contributed by atoms with Gasteiger partial charge in [0, 0.05) is 30.3 Å². The molecule has 0 radical (unpaired) electrons. The Labute approximate surface area is 149 Å². The molecule has 3 N–H and O–H groups in total. The molecule has 1 aromatic heterocycles. The van der Waals surface area contributed by atoms with Crippen LogP contribution in [0.2, 0.25) is 0 Å². The molecule has 1 heterocycles. The lowest BCUT2D eigenvalue weighted by Crippen LogP contribution is -2.53. The highest BCUT2D eigenvalue weighted by Crippen LogP contribution is 2.39. The van der Waals surface area contributed by atoms with E-state index in [4.69, 9.17) is 4.74 Å². The monoisotopic (exact) mass is 343 g/mol. The fourth-order valence-electron chi connectivity index (χ4n) is 3.15. The number of benzene rings is 1. The number of hydrogen-bond acceptors (Lipinski definition) is 3. The smallest absolute Gasteiger partial charge is 0.407 e. The fraction of sp³-hybridized carbons (Fsp3) is 0.550. The maximum Gasteiger partial charge on any atom is 0.407 e. The summed E-state index contributed by atoms with van der Waals surface area (Å²) in [6.45, 7) is 9.16. The summed E-state index contributed by atoms with van der Waals surface area (Å²) in [6.07, 6.45) is 4.01. The maximum absolute atomic E-state index is 12.0. The number of amides is 1. The van der Waals surface area contributed by atoms with Gasteiger partial charge < -0.3 is 20.4 Å². The van der Waals surface area contributed by atoms with E-state index in [1.807, 2.05) is 27.0 Å². The molecule has 3 rings (SSSR count). The molecular weight excluding hydrogens is 314 g/mol. The topological polar surface area (TPSA) is 66.2 Å². The summed E-state index contributed by atoms with van der Waals surface area (Å²) in [6, 6.07) is 8.54. The number of aromatic nitrogens is 1. The van der Waals surface area contributed by atoms with Crippen molar-refractivity contribution in [1.29, 1.82) is 0 Å². The molecule has 2 aromatic rings. The number of aromatic amines is 1. The van der Waals surface area contributed by atoms with Gasteiger partial charge in [0.25, 0.3) is 0 Å². The zero-order valence-corrected chi connectivity index (χ0v) is 15.6. The van der Waals surface area contributed by atoms with E-state index < -0.39 is 5.60 Å². The van der Waals surface area contributed by atoms with E-state index in [-0.39, 0.29) is 11.6 Å². The largest absolute Gasteiger partial charge is 0.444 e. The molecule has 1 atom stereocenters. The van der Waals surface area contributed by atoms with Gasteiger partial charge in [-0.2, -0.15) is 0 Å². The van der Waals surface area contributed by atoms with Gasteiger partial charge >= 0.3 is 6.09 Å². The number of hydrogen-bond donors (Lipinski definition) is 3. The average Bonchev–Trinajstić information content (AvgIpc) is 3.28. The Morgan fingerprint density at radius 1 is 1.24 bits per heavy atom. The van der Waals surface area contributed by atoms with Gasteiger partial charge in [-0.1, -0.05) is 12.1 Å². The van der Waals surface area contributed by atoms with Crippen LogP contribution < -0.4 is 10.6 Å². The average molecular weight is 343 g/mol. The Morgan fingerprint density at radius 2 is 2.00 bits per heavy atom. The van der Waals surface area contributed by atoms with Gasteiger partial charge in [-0.05, 0) is 69.5 Å². The second kappa shape index (κ2) is 6.71. The minimum atomic E-state index is -0.473. The van der Waals surface area contributed by atoms with Crippen LogP contribution in [-0.4, -0.2) is 28.8 Å². The molecule has 0 bridgehead atoms. The van der Waals surface area contributed by atoms with Crippen LogP contribution in [0.4, 0.5) is 4.79 Å². The number of alkyl carbamates (subject to hydrolysis) is 1. The second-order valence-electron chi connectivity index (χ2n) is 8.30. The lowest BCUT2D eigenvalue weighted by molar-refractivity contribution is 0.0507. The molecule has 0 spiro atoms. The molecule has 1 fully saturated rings. The summed E-state index contributed by atoms with van der Waals surface area (Å²) in [7, 11) is 0. The number of H-pyrrole nitrogens is 1. The number of fused-ring (bicyclic) bond motifs is 1. The van der Waals surface area contributed by atoms with Gasteiger partial charge in [0.2, 0.25) is 0 Å². The lowest BCUT2D eigenvalue weighted by Gasteiger charge is -2.32. The molecule has 5 heteroatoms. The third-order valence-corrected chi connectivity index (χ3v) is 4.79. The Kier molecular flexibility index (Phi) is 4.78. The van der Waals surface area contributed by atoms with Crippen molar-refractivity contribution >= 4 is 17.0 Å². The van der Waals surface area contributed by atoms with Gasteiger partial charge in [-0.3, -0.25) is 0 Å².